The Balaban J connectivity index is 1.56. The van der Waals surface area contributed by atoms with Crippen molar-refractivity contribution in [3.63, 3.8) is 0 Å². The molecule has 0 fully saturated rings. The Morgan fingerprint density at radius 2 is 1.69 bits per heavy atom. The maximum Gasteiger partial charge on any atom is 0.264 e. The average molecular weight is 493 g/mol. The van der Waals surface area contributed by atoms with Crippen LogP contribution >= 0.6 is 0 Å². The van der Waals surface area contributed by atoms with Gasteiger partial charge in [0.15, 0.2) is 0 Å². The van der Waals surface area contributed by atoms with Crippen molar-refractivity contribution in [2.45, 2.75) is 51.0 Å². The molecular weight excluding hydrogens is 460 g/mol. The minimum Gasteiger partial charge on any atom is -0.494 e. The van der Waals surface area contributed by atoms with Crippen LogP contribution in [0.2, 0.25) is 0 Å². The van der Waals surface area contributed by atoms with Gasteiger partial charge in [-0.25, -0.2) is 8.42 Å². The molecule has 7 heteroatoms. The van der Waals surface area contributed by atoms with Crippen molar-refractivity contribution in [3.05, 3.63) is 89.0 Å². The van der Waals surface area contributed by atoms with Gasteiger partial charge in [0.2, 0.25) is 5.91 Å². The molecule has 0 aliphatic heterocycles. The Morgan fingerprint density at radius 1 is 1.00 bits per heavy atom. The fourth-order valence-electron chi connectivity index (χ4n) is 4.39. The molecule has 4 rings (SSSR count). The van der Waals surface area contributed by atoms with Gasteiger partial charge in [-0.05, 0) is 93.1 Å². The van der Waals surface area contributed by atoms with E-state index in [1.807, 2.05) is 39.0 Å². The van der Waals surface area contributed by atoms with Gasteiger partial charge in [0, 0.05) is 0 Å². The summed E-state index contributed by atoms with van der Waals surface area (Å²) in [6.45, 7) is 5.88. The highest BCUT2D eigenvalue weighted by Gasteiger charge is 2.28. The number of nitrogens with one attached hydrogen (secondary N) is 1. The molecule has 1 amide bonds. The molecule has 0 saturated carbocycles. The Labute approximate surface area is 208 Å². The lowest BCUT2D eigenvalue weighted by atomic mass is 10.0. The second-order valence-corrected chi connectivity index (χ2v) is 10.8. The van der Waals surface area contributed by atoms with Crippen molar-refractivity contribution in [2.24, 2.45) is 0 Å². The first-order valence-electron chi connectivity index (χ1n) is 12.0. The standard InChI is InChI=1S/C28H32N2O4S/c1-4-34-26-14-16-27(17-15-26)35(32,33)30(25-12-8-20(2)9-13-25)19-28(31)29-21(3)23-11-10-22-6-5-7-24(22)18-23/h8-18,21H,4-7,19H2,1-3H3,(H,29,31)/t21-/m0/s1. The van der Waals surface area contributed by atoms with Crippen LogP contribution in [0.1, 0.15) is 48.6 Å². The van der Waals surface area contributed by atoms with Gasteiger partial charge in [-0.1, -0.05) is 35.9 Å². The summed E-state index contributed by atoms with van der Waals surface area (Å²) >= 11 is 0. The third kappa shape index (κ3) is 5.68. The molecular formula is C28H32N2O4S. The number of carbonyl (C=O) groups is 1. The highest BCUT2D eigenvalue weighted by Crippen LogP contribution is 2.27. The number of carbonyl (C=O) groups excluding carboxylic acids is 1. The maximum absolute atomic E-state index is 13.6. The highest BCUT2D eigenvalue weighted by atomic mass is 32.2. The smallest absolute Gasteiger partial charge is 0.264 e. The van der Waals surface area contributed by atoms with E-state index in [1.54, 1.807) is 24.3 Å². The third-order valence-electron chi connectivity index (χ3n) is 6.33. The Bertz CT molecular complexity index is 1290. The van der Waals surface area contributed by atoms with Gasteiger partial charge < -0.3 is 10.1 Å². The molecule has 0 bridgehead atoms. The van der Waals surface area contributed by atoms with Gasteiger partial charge in [-0.15, -0.1) is 0 Å². The number of hydrogen-bond donors (Lipinski definition) is 1. The molecule has 3 aromatic carbocycles. The third-order valence-corrected chi connectivity index (χ3v) is 8.12. The van der Waals surface area contributed by atoms with E-state index in [0.717, 1.165) is 34.7 Å². The van der Waals surface area contributed by atoms with Crippen LogP contribution in [0.5, 0.6) is 5.75 Å². The van der Waals surface area contributed by atoms with Gasteiger partial charge in [-0.3, -0.25) is 9.10 Å². The lowest BCUT2D eigenvalue weighted by molar-refractivity contribution is -0.120. The van der Waals surface area contributed by atoms with E-state index in [4.69, 9.17) is 4.74 Å². The normalized spacial score (nSPS) is 13.7. The first kappa shape index (κ1) is 24.8. The zero-order chi connectivity index (χ0) is 25.0. The van der Waals surface area contributed by atoms with Gasteiger partial charge in [0.25, 0.3) is 10.0 Å². The first-order valence-corrected chi connectivity index (χ1v) is 13.5. The minimum atomic E-state index is -3.99. The van der Waals surface area contributed by atoms with Gasteiger partial charge in [-0.2, -0.15) is 0 Å². The molecule has 184 valence electrons. The first-order chi connectivity index (χ1) is 16.8. The second kappa shape index (κ2) is 10.5. The number of nitrogens with zero attached hydrogens (tertiary/aromatic N) is 1. The van der Waals surface area contributed by atoms with E-state index in [-0.39, 0.29) is 23.4 Å². The van der Waals surface area contributed by atoms with Gasteiger partial charge in [0.05, 0.1) is 23.2 Å². The average Bonchev–Trinajstić information content (AvgIpc) is 3.32. The molecule has 0 heterocycles. The van der Waals surface area contributed by atoms with E-state index in [1.165, 1.54) is 23.3 Å². The van der Waals surface area contributed by atoms with Crippen molar-refractivity contribution in [2.75, 3.05) is 17.5 Å². The predicted octanol–water partition coefficient (Wildman–Crippen LogP) is 4.96. The molecule has 6 nitrogen and oxygen atoms in total. The summed E-state index contributed by atoms with van der Waals surface area (Å²) in [4.78, 5) is 13.2. The molecule has 1 N–H and O–H groups in total. The zero-order valence-electron chi connectivity index (χ0n) is 20.5. The summed E-state index contributed by atoms with van der Waals surface area (Å²) < 4.78 is 33.8. The number of rotatable bonds is 9. The number of fused-ring (bicyclic) bond motifs is 1. The summed E-state index contributed by atoms with van der Waals surface area (Å²) in [7, 11) is -3.99. The van der Waals surface area contributed by atoms with Crippen molar-refractivity contribution in [1.29, 1.82) is 0 Å². The van der Waals surface area contributed by atoms with E-state index in [0.29, 0.717) is 18.0 Å². The van der Waals surface area contributed by atoms with Crippen molar-refractivity contribution >= 4 is 21.6 Å². The second-order valence-electron chi connectivity index (χ2n) is 8.92. The fourth-order valence-corrected chi connectivity index (χ4v) is 5.81. The Kier molecular flexibility index (Phi) is 7.45. The van der Waals surface area contributed by atoms with Crippen molar-refractivity contribution < 1.29 is 17.9 Å². The quantitative estimate of drug-likeness (QED) is 0.458. The van der Waals surface area contributed by atoms with E-state index < -0.39 is 10.0 Å². The minimum absolute atomic E-state index is 0.0981. The number of benzene rings is 3. The van der Waals surface area contributed by atoms with Crippen LogP contribution in [0.3, 0.4) is 0 Å². The maximum atomic E-state index is 13.6. The molecule has 0 radical (unpaired) electrons. The summed E-state index contributed by atoms with van der Waals surface area (Å²) in [6, 6.07) is 19.5. The Hall–Kier alpha value is -3.32. The lowest BCUT2D eigenvalue weighted by Crippen LogP contribution is -2.41. The van der Waals surface area contributed by atoms with Crippen LogP contribution in [0, 0.1) is 6.92 Å². The van der Waals surface area contributed by atoms with E-state index in [2.05, 4.69) is 17.4 Å². The van der Waals surface area contributed by atoms with Crippen LogP contribution in [-0.2, 0) is 27.7 Å². The van der Waals surface area contributed by atoms with Crippen molar-refractivity contribution in [1.82, 2.24) is 5.32 Å². The summed E-state index contributed by atoms with van der Waals surface area (Å²) in [5.74, 6) is 0.224. The van der Waals surface area contributed by atoms with E-state index >= 15 is 0 Å². The highest BCUT2D eigenvalue weighted by molar-refractivity contribution is 7.92. The molecule has 3 aromatic rings. The van der Waals surface area contributed by atoms with Gasteiger partial charge >= 0.3 is 0 Å². The zero-order valence-corrected chi connectivity index (χ0v) is 21.3. The number of aryl methyl sites for hydroxylation is 3. The SMILES string of the molecule is CCOc1ccc(S(=O)(=O)N(CC(=O)N[C@@H](C)c2ccc3c(c2)CCC3)c2ccc(C)cc2)cc1. The molecule has 0 unspecified atom stereocenters. The largest absolute Gasteiger partial charge is 0.494 e. The number of hydrogen-bond acceptors (Lipinski definition) is 4. The number of amides is 1. The van der Waals surface area contributed by atoms with Crippen LogP contribution in [0.25, 0.3) is 0 Å². The topological polar surface area (TPSA) is 75.7 Å². The van der Waals surface area contributed by atoms with Crippen molar-refractivity contribution in [3.8, 4) is 5.75 Å². The number of anilines is 1. The van der Waals surface area contributed by atoms with E-state index in [9.17, 15) is 13.2 Å². The predicted molar refractivity (Wildman–Crippen MR) is 138 cm³/mol. The number of ether oxygens (including phenoxy) is 1. The monoisotopic (exact) mass is 492 g/mol. The van der Waals surface area contributed by atoms with Crippen LogP contribution in [-0.4, -0.2) is 27.5 Å². The summed E-state index contributed by atoms with van der Waals surface area (Å²) in [6.07, 6.45) is 3.32. The molecule has 0 spiro atoms. The molecule has 0 aromatic heterocycles. The van der Waals surface area contributed by atoms with Gasteiger partial charge in [0.1, 0.15) is 12.3 Å². The molecule has 1 aliphatic carbocycles. The lowest BCUT2D eigenvalue weighted by Gasteiger charge is -2.25. The molecule has 1 aliphatic rings. The number of sulfonamides is 1. The molecule has 0 saturated heterocycles. The van der Waals surface area contributed by atoms with Crippen LogP contribution in [0.15, 0.2) is 71.6 Å². The Morgan fingerprint density at radius 3 is 2.37 bits per heavy atom. The molecule has 35 heavy (non-hydrogen) atoms. The van der Waals surface area contributed by atoms with Crippen LogP contribution in [0.4, 0.5) is 5.69 Å². The fraction of sp³-hybridized carbons (Fsp3) is 0.321. The summed E-state index contributed by atoms with van der Waals surface area (Å²) in [5.41, 5.74) is 5.17. The van der Waals surface area contributed by atoms with Crippen LogP contribution < -0.4 is 14.4 Å². The molecule has 1 atom stereocenters. The summed E-state index contributed by atoms with van der Waals surface area (Å²) in [5, 5.41) is 2.98.